The molecule has 1 aromatic heterocycles. The molecular formula is C26H24BrN3O3S2. The molecule has 0 aliphatic heterocycles. The first kappa shape index (κ1) is 25.2. The monoisotopic (exact) mass is 569 g/mol. The zero-order chi connectivity index (χ0) is 25.0. The molecule has 0 unspecified atom stereocenters. The van der Waals surface area contributed by atoms with Gasteiger partial charge in [0, 0.05) is 33.6 Å². The van der Waals surface area contributed by atoms with Crippen molar-refractivity contribution in [3.05, 3.63) is 99.8 Å². The van der Waals surface area contributed by atoms with Gasteiger partial charge < -0.3 is 0 Å². The summed E-state index contributed by atoms with van der Waals surface area (Å²) < 4.78 is 29.1. The summed E-state index contributed by atoms with van der Waals surface area (Å²) in [5.74, 6) is -0.351. The van der Waals surface area contributed by atoms with Crippen LogP contribution in [-0.2, 0) is 16.6 Å². The Morgan fingerprint density at radius 3 is 2.29 bits per heavy atom. The number of hydrogen-bond donors (Lipinski definition) is 1. The summed E-state index contributed by atoms with van der Waals surface area (Å²) in [4.78, 5) is 17.4. The summed E-state index contributed by atoms with van der Waals surface area (Å²) in [6.07, 6.45) is 0. The van der Waals surface area contributed by atoms with Gasteiger partial charge in [-0.25, -0.2) is 13.4 Å². The molecule has 0 bridgehead atoms. The Balaban J connectivity index is 1.47. The normalized spacial score (nSPS) is 11.7. The number of thiazole rings is 1. The number of rotatable bonds is 8. The highest BCUT2D eigenvalue weighted by molar-refractivity contribution is 9.10. The minimum Gasteiger partial charge on any atom is -0.298 e. The zero-order valence-electron chi connectivity index (χ0n) is 19.2. The zero-order valence-corrected chi connectivity index (χ0v) is 22.4. The molecule has 1 N–H and O–H groups in total. The van der Waals surface area contributed by atoms with E-state index in [0.29, 0.717) is 10.7 Å². The lowest BCUT2D eigenvalue weighted by Crippen LogP contribution is -2.36. The van der Waals surface area contributed by atoms with Gasteiger partial charge in [0.05, 0.1) is 10.6 Å². The minimum atomic E-state index is -3.74. The number of amides is 1. The van der Waals surface area contributed by atoms with Crippen LogP contribution in [0.2, 0.25) is 0 Å². The molecule has 0 fully saturated rings. The fourth-order valence-corrected chi connectivity index (χ4v) is 6.08. The van der Waals surface area contributed by atoms with E-state index in [9.17, 15) is 13.2 Å². The molecule has 1 amide bonds. The summed E-state index contributed by atoms with van der Waals surface area (Å²) in [6.45, 7) is 3.96. The first-order valence-electron chi connectivity index (χ1n) is 10.9. The third-order valence-electron chi connectivity index (χ3n) is 5.34. The van der Waals surface area contributed by atoms with E-state index in [1.807, 2.05) is 73.8 Å². The van der Waals surface area contributed by atoms with Crippen LogP contribution in [-0.4, -0.2) is 29.7 Å². The van der Waals surface area contributed by atoms with Crippen LogP contribution in [0.15, 0.2) is 93.6 Å². The van der Waals surface area contributed by atoms with Crippen LogP contribution in [0.1, 0.15) is 29.8 Å². The van der Waals surface area contributed by atoms with Gasteiger partial charge in [-0.1, -0.05) is 58.4 Å². The van der Waals surface area contributed by atoms with Gasteiger partial charge in [-0.15, -0.1) is 11.3 Å². The lowest BCUT2D eigenvalue weighted by molar-refractivity contribution is 0.102. The highest BCUT2D eigenvalue weighted by Crippen LogP contribution is 2.27. The minimum absolute atomic E-state index is 0.144. The van der Waals surface area contributed by atoms with Crippen LogP contribution in [0.25, 0.3) is 11.3 Å². The number of aromatic nitrogens is 1. The van der Waals surface area contributed by atoms with Gasteiger partial charge in [0.1, 0.15) is 0 Å². The molecule has 1 heterocycles. The van der Waals surface area contributed by atoms with E-state index >= 15 is 0 Å². The van der Waals surface area contributed by atoms with E-state index in [2.05, 4.69) is 26.2 Å². The molecule has 4 rings (SSSR count). The first-order chi connectivity index (χ1) is 16.7. The molecule has 0 spiro atoms. The molecule has 4 aromatic rings. The molecule has 0 saturated heterocycles. The molecule has 6 nitrogen and oxygen atoms in total. The maximum absolute atomic E-state index is 13.3. The number of carbonyl (C=O) groups excluding carboxylic acids is 1. The predicted molar refractivity (Wildman–Crippen MR) is 144 cm³/mol. The summed E-state index contributed by atoms with van der Waals surface area (Å²) in [5.41, 5.74) is 2.98. The van der Waals surface area contributed by atoms with Crippen LogP contribution in [0.4, 0.5) is 5.13 Å². The van der Waals surface area contributed by atoms with Crippen LogP contribution in [0.3, 0.4) is 0 Å². The molecule has 3 aromatic carbocycles. The lowest BCUT2D eigenvalue weighted by Gasteiger charge is -2.26. The number of nitrogens with zero attached hydrogens (tertiary/aromatic N) is 2. The van der Waals surface area contributed by atoms with E-state index in [0.717, 1.165) is 21.3 Å². The Kier molecular flexibility index (Phi) is 7.81. The topological polar surface area (TPSA) is 79.4 Å². The molecule has 180 valence electrons. The van der Waals surface area contributed by atoms with Crippen molar-refractivity contribution >= 4 is 48.3 Å². The van der Waals surface area contributed by atoms with E-state index in [4.69, 9.17) is 0 Å². The van der Waals surface area contributed by atoms with Gasteiger partial charge in [-0.2, -0.15) is 4.31 Å². The van der Waals surface area contributed by atoms with Crippen molar-refractivity contribution in [2.75, 3.05) is 5.32 Å². The van der Waals surface area contributed by atoms with E-state index in [1.54, 1.807) is 0 Å². The molecule has 0 atom stereocenters. The third kappa shape index (κ3) is 6.05. The third-order valence-corrected chi connectivity index (χ3v) is 8.67. The van der Waals surface area contributed by atoms with Crippen LogP contribution in [0.5, 0.6) is 0 Å². The molecule has 9 heteroatoms. The second kappa shape index (κ2) is 10.8. The number of carbonyl (C=O) groups is 1. The Labute approximate surface area is 217 Å². The largest absolute Gasteiger partial charge is 0.298 e. The second-order valence-electron chi connectivity index (χ2n) is 8.15. The fourth-order valence-electron chi connectivity index (χ4n) is 3.48. The Bertz CT molecular complexity index is 1400. The van der Waals surface area contributed by atoms with Crippen molar-refractivity contribution in [2.24, 2.45) is 0 Å². The summed E-state index contributed by atoms with van der Waals surface area (Å²) in [7, 11) is -3.74. The quantitative estimate of drug-likeness (QED) is 0.265. The molecule has 35 heavy (non-hydrogen) atoms. The average molecular weight is 571 g/mol. The fraction of sp³-hybridized carbons (Fsp3) is 0.154. The highest BCUT2D eigenvalue weighted by atomic mass is 79.9. The predicted octanol–water partition coefficient (Wildman–Crippen LogP) is 6.42. The Morgan fingerprint density at radius 1 is 1.00 bits per heavy atom. The number of sulfonamides is 1. The number of nitrogens with one attached hydrogen (secondary N) is 1. The van der Waals surface area contributed by atoms with Gasteiger partial charge in [0.15, 0.2) is 5.13 Å². The van der Waals surface area contributed by atoms with Crippen molar-refractivity contribution in [1.82, 2.24) is 9.29 Å². The van der Waals surface area contributed by atoms with Crippen molar-refractivity contribution in [1.29, 1.82) is 0 Å². The van der Waals surface area contributed by atoms with Crippen molar-refractivity contribution in [3.8, 4) is 11.3 Å². The van der Waals surface area contributed by atoms with Crippen LogP contribution < -0.4 is 5.32 Å². The van der Waals surface area contributed by atoms with Gasteiger partial charge >= 0.3 is 0 Å². The maximum atomic E-state index is 13.3. The summed E-state index contributed by atoms with van der Waals surface area (Å²) in [5, 5.41) is 5.14. The van der Waals surface area contributed by atoms with Crippen LogP contribution in [0, 0.1) is 0 Å². The van der Waals surface area contributed by atoms with E-state index in [1.165, 1.54) is 39.9 Å². The second-order valence-corrected chi connectivity index (χ2v) is 11.8. The SMILES string of the molecule is CC(C)N(Cc1ccccc1)S(=O)(=O)c1ccc(C(=O)Nc2nc(-c3ccc(Br)cc3)cs2)cc1. The standard InChI is InChI=1S/C26H24BrN3O3S2/c1-18(2)30(16-19-6-4-3-5-7-19)35(32,33)23-14-10-21(11-15-23)25(31)29-26-28-24(17-34-26)20-8-12-22(27)13-9-20/h3-15,17-18H,16H2,1-2H3,(H,28,29,31). The van der Waals surface area contributed by atoms with Crippen LogP contribution >= 0.6 is 27.3 Å². The molecule has 0 aliphatic carbocycles. The molecule has 0 aliphatic rings. The maximum Gasteiger partial charge on any atom is 0.257 e. The summed E-state index contributed by atoms with van der Waals surface area (Å²) >= 11 is 4.74. The van der Waals surface area contributed by atoms with Gasteiger partial charge in [0.2, 0.25) is 10.0 Å². The smallest absolute Gasteiger partial charge is 0.257 e. The average Bonchev–Trinajstić information content (AvgIpc) is 3.32. The first-order valence-corrected chi connectivity index (χ1v) is 14.0. The number of halogens is 1. The molecule has 0 radical (unpaired) electrons. The van der Waals surface area contributed by atoms with Crippen molar-refractivity contribution < 1.29 is 13.2 Å². The van der Waals surface area contributed by atoms with Gasteiger partial charge in [-0.3, -0.25) is 10.1 Å². The Hall–Kier alpha value is -2.85. The number of anilines is 1. The van der Waals surface area contributed by atoms with Crippen molar-refractivity contribution in [3.63, 3.8) is 0 Å². The number of benzene rings is 3. The van der Waals surface area contributed by atoms with E-state index in [-0.39, 0.29) is 23.4 Å². The molecular weight excluding hydrogens is 546 g/mol. The highest BCUT2D eigenvalue weighted by Gasteiger charge is 2.27. The van der Waals surface area contributed by atoms with Crippen molar-refractivity contribution in [2.45, 2.75) is 31.3 Å². The Morgan fingerprint density at radius 2 is 1.66 bits per heavy atom. The molecule has 0 saturated carbocycles. The van der Waals surface area contributed by atoms with Gasteiger partial charge in [0.25, 0.3) is 5.91 Å². The van der Waals surface area contributed by atoms with Gasteiger partial charge in [-0.05, 0) is 55.8 Å². The number of hydrogen-bond acceptors (Lipinski definition) is 5. The lowest BCUT2D eigenvalue weighted by atomic mass is 10.2. The van der Waals surface area contributed by atoms with E-state index < -0.39 is 10.0 Å². The summed E-state index contributed by atoms with van der Waals surface area (Å²) in [6, 6.07) is 23.0.